The highest BCUT2D eigenvalue weighted by atomic mass is 79.9. The number of nitrogens with zero attached hydrogens (tertiary/aromatic N) is 1. The van der Waals surface area contributed by atoms with Gasteiger partial charge in [-0.15, -0.1) is 0 Å². The predicted molar refractivity (Wildman–Crippen MR) is 55.7 cm³/mol. The molecule has 1 aliphatic carbocycles. The van der Waals surface area contributed by atoms with Crippen LogP contribution in [0.25, 0.3) is 0 Å². The average Bonchev–Trinajstić information content (AvgIpc) is 2.45. The molecule has 1 saturated heterocycles. The second-order valence-corrected chi connectivity index (χ2v) is 5.19. The first-order valence-electron chi connectivity index (χ1n) is 5.06. The van der Waals surface area contributed by atoms with Crippen LogP contribution in [0.1, 0.15) is 26.2 Å². The normalized spacial score (nSPS) is 42.0. The van der Waals surface area contributed by atoms with Gasteiger partial charge in [-0.25, -0.2) is 0 Å². The Morgan fingerprint density at radius 2 is 2.25 bits per heavy atom. The molecule has 1 saturated carbocycles. The highest BCUT2D eigenvalue weighted by Crippen LogP contribution is 2.51. The predicted octanol–water partition coefficient (Wildman–Crippen LogP) is 2.50. The summed E-state index contributed by atoms with van der Waals surface area (Å²) in [5.74, 6) is 0.988. The van der Waals surface area contributed by atoms with Gasteiger partial charge in [0.15, 0.2) is 0 Å². The van der Waals surface area contributed by atoms with E-state index in [2.05, 4.69) is 27.8 Å². The van der Waals surface area contributed by atoms with E-state index in [9.17, 15) is 0 Å². The molecule has 0 aromatic rings. The smallest absolute Gasteiger partial charge is 0.00601 e. The van der Waals surface area contributed by atoms with E-state index < -0.39 is 0 Å². The van der Waals surface area contributed by atoms with Crippen molar-refractivity contribution >= 4 is 15.9 Å². The number of hydrogen-bond acceptors (Lipinski definition) is 1. The van der Waals surface area contributed by atoms with Crippen molar-refractivity contribution in [1.82, 2.24) is 4.90 Å². The Morgan fingerprint density at radius 1 is 1.50 bits per heavy atom. The minimum absolute atomic E-state index is 0.758. The molecule has 0 unspecified atom stereocenters. The van der Waals surface area contributed by atoms with E-state index in [1.807, 2.05) is 0 Å². The van der Waals surface area contributed by atoms with Gasteiger partial charge >= 0.3 is 0 Å². The van der Waals surface area contributed by atoms with Gasteiger partial charge in [0.1, 0.15) is 0 Å². The Morgan fingerprint density at radius 3 is 2.75 bits per heavy atom. The summed E-state index contributed by atoms with van der Waals surface area (Å²) >= 11 is 3.58. The molecule has 1 spiro atoms. The summed E-state index contributed by atoms with van der Waals surface area (Å²) < 4.78 is 0. The summed E-state index contributed by atoms with van der Waals surface area (Å²) in [4.78, 5) is 2.60. The largest absolute Gasteiger partial charge is 0.303 e. The second-order valence-electron chi connectivity index (χ2n) is 4.55. The summed E-state index contributed by atoms with van der Waals surface area (Å²) in [7, 11) is 0. The Hall–Kier alpha value is 0.440. The number of hydrogen-bond donors (Lipinski definition) is 0. The van der Waals surface area contributed by atoms with E-state index in [1.165, 1.54) is 44.2 Å². The molecule has 1 heterocycles. The van der Waals surface area contributed by atoms with E-state index in [0.717, 1.165) is 11.3 Å². The van der Waals surface area contributed by atoms with E-state index in [0.29, 0.717) is 0 Å². The molecule has 0 amide bonds. The first-order chi connectivity index (χ1) is 5.78. The fourth-order valence-corrected chi connectivity index (χ4v) is 3.36. The zero-order valence-electron chi connectivity index (χ0n) is 7.85. The topological polar surface area (TPSA) is 3.24 Å². The number of rotatable bonds is 2. The third kappa shape index (κ3) is 1.44. The monoisotopic (exact) mass is 231 g/mol. The van der Waals surface area contributed by atoms with Gasteiger partial charge in [0.2, 0.25) is 0 Å². The molecule has 70 valence electrons. The molecule has 0 aromatic carbocycles. The van der Waals surface area contributed by atoms with Crippen LogP contribution in [0.2, 0.25) is 0 Å². The summed E-state index contributed by atoms with van der Waals surface area (Å²) in [6.07, 6.45) is 4.42. The van der Waals surface area contributed by atoms with Crippen LogP contribution in [0.3, 0.4) is 0 Å². The quantitative estimate of drug-likeness (QED) is 0.661. The lowest BCUT2D eigenvalue weighted by molar-refractivity contribution is 0.0793. The van der Waals surface area contributed by atoms with Crippen LogP contribution in [-0.2, 0) is 0 Å². The van der Waals surface area contributed by atoms with E-state index in [1.54, 1.807) is 0 Å². The van der Waals surface area contributed by atoms with Crippen molar-refractivity contribution in [3.05, 3.63) is 0 Å². The first-order valence-corrected chi connectivity index (χ1v) is 6.18. The Bertz CT molecular complexity index is 163. The van der Waals surface area contributed by atoms with Gasteiger partial charge in [-0.3, -0.25) is 0 Å². The zero-order chi connectivity index (χ0) is 8.60. The number of alkyl halides is 1. The van der Waals surface area contributed by atoms with Gasteiger partial charge in [-0.1, -0.05) is 22.9 Å². The Kier molecular flexibility index (Phi) is 2.48. The third-order valence-corrected chi connectivity index (χ3v) is 4.54. The lowest BCUT2D eigenvalue weighted by atomic mass is 9.62. The van der Waals surface area contributed by atoms with Crippen LogP contribution in [0.4, 0.5) is 0 Å². The fraction of sp³-hybridized carbons (Fsp3) is 1.00. The van der Waals surface area contributed by atoms with Crippen LogP contribution in [0.5, 0.6) is 0 Å². The molecule has 0 aromatic heterocycles. The molecular formula is C10H18BrN. The maximum Gasteiger partial charge on any atom is 0.00601 e. The van der Waals surface area contributed by atoms with Crippen LogP contribution in [0, 0.1) is 11.3 Å². The maximum absolute atomic E-state index is 3.58. The number of likely N-dealkylation sites (tertiary alicyclic amines) is 1. The van der Waals surface area contributed by atoms with Crippen molar-refractivity contribution in [3.63, 3.8) is 0 Å². The molecular weight excluding hydrogens is 214 g/mol. The van der Waals surface area contributed by atoms with Crippen LogP contribution in [-0.4, -0.2) is 29.9 Å². The summed E-state index contributed by atoms with van der Waals surface area (Å²) in [5.41, 5.74) is 0.758. The average molecular weight is 232 g/mol. The van der Waals surface area contributed by atoms with Gasteiger partial charge in [0, 0.05) is 11.9 Å². The van der Waals surface area contributed by atoms with Crippen molar-refractivity contribution in [2.75, 3.05) is 25.0 Å². The standard InChI is InChI=1S/C10H18BrN/c1-2-12-4-3-10(8-12)5-9(6-10)7-11/h9H,2-8H2,1H3. The van der Waals surface area contributed by atoms with Gasteiger partial charge in [0.05, 0.1) is 0 Å². The summed E-state index contributed by atoms with van der Waals surface area (Å²) in [6.45, 7) is 6.26. The van der Waals surface area contributed by atoms with Gasteiger partial charge < -0.3 is 4.90 Å². The molecule has 2 aliphatic rings. The molecule has 0 N–H and O–H groups in total. The SMILES string of the molecule is CCN1CCC2(CC(CBr)C2)C1. The van der Waals surface area contributed by atoms with E-state index >= 15 is 0 Å². The minimum Gasteiger partial charge on any atom is -0.303 e. The van der Waals surface area contributed by atoms with Gasteiger partial charge in [0.25, 0.3) is 0 Å². The molecule has 1 aliphatic heterocycles. The van der Waals surface area contributed by atoms with Crippen molar-refractivity contribution < 1.29 is 0 Å². The molecule has 2 fully saturated rings. The van der Waals surface area contributed by atoms with Gasteiger partial charge in [-0.2, -0.15) is 0 Å². The van der Waals surface area contributed by atoms with Crippen molar-refractivity contribution in [2.24, 2.45) is 11.3 Å². The van der Waals surface area contributed by atoms with Crippen molar-refractivity contribution in [2.45, 2.75) is 26.2 Å². The minimum atomic E-state index is 0.758. The molecule has 12 heavy (non-hydrogen) atoms. The Labute approximate surface area is 83.6 Å². The van der Waals surface area contributed by atoms with E-state index in [-0.39, 0.29) is 0 Å². The maximum atomic E-state index is 3.58. The second kappa shape index (κ2) is 3.30. The van der Waals surface area contributed by atoms with Crippen LogP contribution in [0.15, 0.2) is 0 Å². The van der Waals surface area contributed by atoms with E-state index in [4.69, 9.17) is 0 Å². The molecule has 0 radical (unpaired) electrons. The number of halogens is 1. The van der Waals surface area contributed by atoms with Crippen LogP contribution < -0.4 is 0 Å². The lowest BCUT2D eigenvalue weighted by Crippen LogP contribution is -2.40. The Balaban J connectivity index is 1.84. The summed E-state index contributed by atoms with van der Waals surface area (Å²) in [6, 6.07) is 0. The molecule has 2 heteroatoms. The van der Waals surface area contributed by atoms with Gasteiger partial charge in [-0.05, 0) is 43.7 Å². The highest BCUT2D eigenvalue weighted by molar-refractivity contribution is 9.09. The summed E-state index contributed by atoms with van der Waals surface area (Å²) in [5, 5.41) is 1.22. The molecule has 0 bridgehead atoms. The molecule has 0 atom stereocenters. The third-order valence-electron chi connectivity index (χ3n) is 3.63. The van der Waals surface area contributed by atoms with Crippen LogP contribution >= 0.6 is 15.9 Å². The molecule has 2 rings (SSSR count). The highest BCUT2D eigenvalue weighted by Gasteiger charge is 2.47. The molecule has 1 nitrogen and oxygen atoms in total. The van der Waals surface area contributed by atoms with Crippen molar-refractivity contribution in [3.8, 4) is 0 Å². The fourth-order valence-electron chi connectivity index (χ4n) is 2.90. The lowest BCUT2D eigenvalue weighted by Gasteiger charge is -2.44. The van der Waals surface area contributed by atoms with Crippen molar-refractivity contribution in [1.29, 1.82) is 0 Å². The zero-order valence-corrected chi connectivity index (χ0v) is 9.44. The first kappa shape index (κ1) is 9.01.